The fraction of sp³-hybridized carbons (Fsp3) is 0.765. The number of aryl methyl sites for hydroxylation is 1. The van der Waals surface area contributed by atoms with Crippen LogP contribution in [0.25, 0.3) is 0 Å². The first-order valence-corrected chi connectivity index (χ1v) is 8.88. The SMILES string of the molecule is CCc1cc(=O)[nH]c(CN2CCCC[C@H]2CN2CCOCC2)n1. The monoisotopic (exact) mass is 320 g/mol. The van der Waals surface area contributed by atoms with E-state index in [-0.39, 0.29) is 5.56 Å². The molecule has 1 atom stereocenters. The van der Waals surface area contributed by atoms with Crippen LogP contribution in [0.2, 0.25) is 0 Å². The van der Waals surface area contributed by atoms with Crippen LogP contribution in [0.5, 0.6) is 0 Å². The maximum atomic E-state index is 11.8. The second-order valence-electron chi connectivity index (χ2n) is 6.57. The molecule has 6 nitrogen and oxygen atoms in total. The summed E-state index contributed by atoms with van der Waals surface area (Å²) in [5, 5.41) is 0. The number of morpholine rings is 1. The van der Waals surface area contributed by atoms with E-state index in [2.05, 4.69) is 19.8 Å². The number of piperidine rings is 1. The van der Waals surface area contributed by atoms with Gasteiger partial charge in [-0.05, 0) is 25.8 Å². The van der Waals surface area contributed by atoms with Crippen molar-refractivity contribution < 1.29 is 4.74 Å². The first-order valence-electron chi connectivity index (χ1n) is 8.88. The summed E-state index contributed by atoms with van der Waals surface area (Å²) in [6.07, 6.45) is 4.56. The predicted molar refractivity (Wildman–Crippen MR) is 89.5 cm³/mol. The van der Waals surface area contributed by atoms with E-state index in [1.54, 1.807) is 6.07 Å². The van der Waals surface area contributed by atoms with Crippen LogP contribution in [-0.4, -0.2) is 65.2 Å². The van der Waals surface area contributed by atoms with E-state index >= 15 is 0 Å². The standard InChI is InChI=1S/C17H28N4O2/c1-2-14-11-17(22)19-16(18-14)13-21-6-4-3-5-15(21)12-20-7-9-23-10-8-20/h11,15H,2-10,12-13H2,1H3,(H,18,19,22)/t15-/m0/s1. The highest BCUT2D eigenvalue weighted by Gasteiger charge is 2.26. The largest absolute Gasteiger partial charge is 0.379 e. The van der Waals surface area contributed by atoms with Crippen molar-refractivity contribution in [3.63, 3.8) is 0 Å². The molecule has 2 aliphatic rings. The Bertz CT molecular complexity index is 554. The van der Waals surface area contributed by atoms with Gasteiger partial charge in [0.2, 0.25) is 0 Å². The average Bonchev–Trinajstić information content (AvgIpc) is 2.57. The van der Waals surface area contributed by atoms with Crippen molar-refractivity contribution in [2.24, 2.45) is 0 Å². The summed E-state index contributed by atoms with van der Waals surface area (Å²) < 4.78 is 5.45. The first-order chi connectivity index (χ1) is 11.2. The van der Waals surface area contributed by atoms with Crippen molar-refractivity contribution in [2.75, 3.05) is 39.4 Å². The lowest BCUT2D eigenvalue weighted by molar-refractivity contribution is 0.0148. The van der Waals surface area contributed by atoms with Gasteiger partial charge in [-0.1, -0.05) is 13.3 Å². The molecule has 2 saturated heterocycles. The van der Waals surface area contributed by atoms with Gasteiger partial charge in [-0.3, -0.25) is 14.6 Å². The Morgan fingerprint density at radius 1 is 1.30 bits per heavy atom. The summed E-state index contributed by atoms with van der Waals surface area (Å²) in [5.41, 5.74) is 0.846. The van der Waals surface area contributed by atoms with Crippen LogP contribution in [-0.2, 0) is 17.7 Å². The fourth-order valence-electron chi connectivity index (χ4n) is 3.57. The topological polar surface area (TPSA) is 61.5 Å². The number of rotatable bonds is 5. The third-order valence-electron chi connectivity index (χ3n) is 4.88. The quantitative estimate of drug-likeness (QED) is 0.878. The van der Waals surface area contributed by atoms with Gasteiger partial charge in [0.05, 0.1) is 19.8 Å². The van der Waals surface area contributed by atoms with Crippen molar-refractivity contribution in [2.45, 2.75) is 45.2 Å². The number of hydrogen-bond donors (Lipinski definition) is 1. The number of H-pyrrole nitrogens is 1. The van der Waals surface area contributed by atoms with Gasteiger partial charge >= 0.3 is 0 Å². The minimum Gasteiger partial charge on any atom is -0.379 e. The van der Waals surface area contributed by atoms with Crippen molar-refractivity contribution in [3.8, 4) is 0 Å². The first kappa shape index (κ1) is 16.6. The molecule has 1 N–H and O–H groups in total. The minimum atomic E-state index is -0.0337. The van der Waals surface area contributed by atoms with Crippen LogP contribution in [0.4, 0.5) is 0 Å². The average molecular weight is 320 g/mol. The second-order valence-corrected chi connectivity index (χ2v) is 6.57. The molecule has 3 rings (SSSR count). The molecule has 1 aromatic heterocycles. The maximum Gasteiger partial charge on any atom is 0.251 e. The summed E-state index contributed by atoms with van der Waals surface area (Å²) in [6.45, 7) is 8.73. The molecule has 128 valence electrons. The molecular weight excluding hydrogens is 292 g/mol. The Hall–Kier alpha value is -1.24. The second kappa shape index (κ2) is 8.04. The van der Waals surface area contributed by atoms with Gasteiger partial charge in [0.15, 0.2) is 0 Å². The number of aromatic amines is 1. The van der Waals surface area contributed by atoms with Gasteiger partial charge in [-0.2, -0.15) is 0 Å². The van der Waals surface area contributed by atoms with Crippen LogP contribution in [0, 0.1) is 0 Å². The number of nitrogens with one attached hydrogen (secondary N) is 1. The molecule has 0 aromatic carbocycles. The summed E-state index contributed by atoms with van der Waals surface area (Å²) in [5.74, 6) is 0.809. The van der Waals surface area contributed by atoms with Gasteiger partial charge in [0.1, 0.15) is 5.82 Å². The lowest BCUT2D eigenvalue weighted by atomic mass is 10.0. The normalized spacial score (nSPS) is 24.0. The zero-order valence-corrected chi connectivity index (χ0v) is 14.1. The lowest BCUT2D eigenvalue weighted by Gasteiger charge is -2.39. The Morgan fingerprint density at radius 2 is 2.13 bits per heavy atom. The molecular formula is C17H28N4O2. The van der Waals surface area contributed by atoms with E-state index < -0.39 is 0 Å². The van der Waals surface area contributed by atoms with E-state index in [4.69, 9.17) is 4.74 Å². The van der Waals surface area contributed by atoms with Crippen LogP contribution < -0.4 is 5.56 Å². The van der Waals surface area contributed by atoms with Crippen molar-refractivity contribution in [1.29, 1.82) is 0 Å². The third kappa shape index (κ3) is 4.62. The van der Waals surface area contributed by atoms with Crippen molar-refractivity contribution in [1.82, 2.24) is 19.8 Å². The van der Waals surface area contributed by atoms with Crippen molar-refractivity contribution >= 4 is 0 Å². The zero-order valence-electron chi connectivity index (χ0n) is 14.1. The van der Waals surface area contributed by atoms with E-state index in [0.717, 1.165) is 63.9 Å². The molecule has 6 heteroatoms. The van der Waals surface area contributed by atoms with Crippen LogP contribution in [0.3, 0.4) is 0 Å². The molecule has 0 radical (unpaired) electrons. The van der Waals surface area contributed by atoms with Gasteiger partial charge in [0.25, 0.3) is 5.56 Å². The molecule has 0 amide bonds. The van der Waals surface area contributed by atoms with E-state index in [1.165, 1.54) is 19.3 Å². The van der Waals surface area contributed by atoms with Gasteiger partial charge < -0.3 is 9.72 Å². The Labute approximate surface area is 137 Å². The smallest absolute Gasteiger partial charge is 0.251 e. The molecule has 0 bridgehead atoms. The third-order valence-corrected chi connectivity index (χ3v) is 4.88. The molecule has 2 fully saturated rings. The molecule has 0 unspecified atom stereocenters. The molecule has 0 saturated carbocycles. The highest BCUT2D eigenvalue weighted by Crippen LogP contribution is 2.20. The molecule has 2 aliphatic heterocycles. The number of aromatic nitrogens is 2. The Kier molecular flexibility index (Phi) is 5.80. The number of ether oxygens (including phenoxy) is 1. The minimum absolute atomic E-state index is 0.0337. The summed E-state index contributed by atoms with van der Waals surface area (Å²) in [4.78, 5) is 24.3. The fourth-order valence-corrected chi connectivity index (χ4v) is 3.57. The van der Waals surface area contributed by atoms with Gasteiger partial charge in [-0.15, -0.1) is 0 Å². The van der Waals surface area contributed by atoms with Crippen LogP contribution in [0.1, 0.15) is 37.7 Å². The number of nitrogens with zero attached hydrogens (tertiary/aromatic N) is 3. The zero-order chi connectivity index (χ0) is 16.1. The highest BCUT2D eigenvalue weighted by atomic mass is 16.5. The van der Waals surface area contributed by atoms with Crippen LogP contribution >= 0.6 is 0 Å². The Morgan fingerprint density at radius 3 is 2.91 bits per heavy atom. The maximum absolute atomic E-state index is 11.8. The molecule has 1 aromatic rings. The van der Waals surface area contributed by atoms with E-state index in [9.17, 15) is 4.79 Å². The van der Waals surface area contributed by atoms with Crippen LogP contribution in [0.15, 0.2) is 10.9 Å². The lowest BCUT2D eigenvalue weighted by Crippen LogP contribution is -2.49. The van der Waals surface area contributed by atoms with Crippen molar-refractivity contribution in [3.05, 3.63) is 27.9 Å². The Balaban J connectivity index is 1.66. The summed E-state index contributed by atoms with van der Waals surface area (Å²) in [7, 11) is 0. The highest BCUT2D eigenvalue weighted by molar-refractivity contribution is 5.03. The van der Waals surface area contributed by atoms with E-state index in [0.29, 0.717) is 6.04 Å². The number of hydrogen-bond acceptors (Lipinski definition) is 5. The van der Waals surface area contributed by atoms with Gasteiger partial charge in [0, 0.05) is 37.4 Å². The predicted octanol–water partition coefficient (Wildman–Crippen LogP) is 1.02. The summed E-state index contributed by atoms with van der Waals surface area (Å²) in [6, 6.07) is 2.16. The molecule has 0 spiro atoms. The summed E-state index contributed by atoms with van der Waals surface area (Å²) >= 11 is 0. The van der Waals surface area contributed by atoms with E-state index in [1.807, 2.05) is 6.92 Å². The number of likely N-dealkylation sites (tertiary alicyclic amines) is 1. The van der Waals surface area contributed by atoms with Gasteiger partial charge in [-0.25, -0.2) is 4.98 Å². The molecule has 0 aliphatic carbocycles. The molecule has 23 heavy (non-hydrogen) atoms. The molecule has 3 heterocycles.